The lowest BCUT2D eigenvalue weighted by Gasteiger charge is -2.06. The lowest BCUT2D eigenvalue weighted by atomic mass is 10.3. The fourth-order valence-corrected chi connectivity index (χ4v) is 1.63. The second kappa shape index (κ2) is 6.67. The van der Waals surface area contributed by atoms with Crippen molar-refractivity contribution in [2.24, 2.45) is 4.99 Å². The van der Waals surface area contributed by atoms with Crippen LogP contribution in [0.5, 0.6) is 5.75 Å². The second-order valence-corrected chi connectivity index (χ2v) is 4.75. The fraction of sp³-hybridized carbons (Fsp3) is 0.308. The average molecular weight is 272 g/mol. The van der Waals surface area contributed by atoms with Crippen LogP contribution >= 0.6 is 23.2 Å². The smallest absolute Gasteiger partial charge is 0.129 e. The maximum Gasteiger partial charge on any atom is 0.129 e. The normalized spacial score (nSPS) is 12.5. The third kappa shape index (κ3) is 5.76. The Morgan fingerprint density at radius 3 is 2.35 bits per heavy atom. The van der Waals surface area contributed by atoms with Crippen molar-refractivity contribution < 1.29 is 4.74 Å². The molecule has 4 heteroatoms. The Bertz CT molecular complexity index is 419. The number of allylic oxidation sites excluding steroid dienone is 2. The van der Waals surface area contributed by atoms with Crippen molar-refractivity contribution in [2.45, 2.75) is 26.8 Å². The van der Waals surface area contributed by atoms with Crippen LogP contribution in [0.3, 0.4) is 0 Å². The van der Waals surface area contributed by atoms with Crippen molar-refractivity contribution in [1.29, 1.82) is 0 Å². The minimum absolute atomic E-state index is 0.277. The van der Waals surface area contributed by atoms with Gasteiger partial charge in [0, 0.05) is 22.3 Å². The van der Waals surface area contributed by atoms with Gasteiger partial charge in [0.2, 0.25) is 0 Å². The van der Waals surface area contributed by atoms with Crippen molar-refractivity contribution in [2.75, 3.05) is 0 Å². The van der Waals surface area contributed by atoms with Gasteiger partial charge in [0.1, 0.15) is 11.5 Å². The summed E-state index contributed by atoms with van der Waals surface area (Å²) in [5.74, 6) is 1.35. The molecule has 0 aliphatic rings. The molecule has 92 valence electrons. The van der Waals surface area contributed by atoms with E-state index in [4.69, 9.17) is 27.9 Å². The van der Waals surface area contributed by atoms with E-state index in [1.807, 2.05) is 20.8 Å². The molecule has 0 aliphatic carbocycles. The molecule has 0 aromatic heterocycles. The summed E-state index contributed by atoms with van der Waals surface area (Å²) in [6.45, 7) is 5.87. The Hall–Kier alpha value is -0.990. The van der Waals surface area contributed by atoms with E-state index >= 15 is 0 Å². The molecule has 0 heterocycles. The van der Waals surface area contributed by atoms with Crippen LogP contribution in [-0.2, 0) is 0 Å². The van der Waals surface area contributed by atoms with Gasteiger partial charge in [-0.25, -0.2) is 0 Å². The molecule has 0 aliphatic heterocycles. The summed E-state index contributed by atoms with van der Waals surface area (Å²) >= 11 is 11.7. The van der Waals surface area contributed by atoms with E-state index in [1.165, 1.54) is 0 Å². The first-order valence-corrected chi connectivity index (χ1v) is 6.07. The molecule has 0 fully saturated rings. The maximum atomic E-state index is 5.87. The number of hydrogen-bond donors (Lipinski definition) is 0. The predicted octanol–water partition coefficient (Wildman–Crippen LogP) is 4.76. The van der Waals surface area contributed by atoms with Gasteiger partial charge < -0.3 is 4.74 Å². The zero-order chi connectivity index (χ0) is 12.8. The van der Waals surface area contributed by atoms with E-state index in [-0.39, 0.29) is 6.04 Å². The summed E-state index contributed by atoms with van der Waals surface area (Å²) in [4.78, 5) is 4.21. The monoisotopic (exact) mass is 271 g/mol. The van der Waals surface area contributed by atoms with E-state index in [0.29, 0.717) is 15.8 Å². The number of benzene rings is 1. The highest BCUT2D eigenvalue weighted by atomic mass is 35.5. The van der Waals surface area contributed by atoms with Gasteiger partial charge in [0.25, 0.3) is 0 Å². The van der Waals surface area contributed by atoms with Gasteiger partial charge in [-0.2, -0.15) is 0 Å². The largest absolute Gasteiger partial charge is 0.462 e. The zero-order valence-electron chi connectivity index (χ0n) is 10.1. The minimum atomic E-state index is 0.277. The van der Waals surface area contributed by atoms with E-state index in [0.717, 1.165) is 5.76 Å². The summed E-state index contributed by atoms with van der Waals surface area (Å²) < 4.78 is 5.56. The molecule has 2 nitrogen and oxygen atoms in total. The van der Waals surface area contributed by atoms with Crippen LogP contribution < -0.4 is 4.74 Å². The summed E-state index contributed by atoms with van der Waals surface area (Å²) in [5, 5.41) is 1.10. The van der Waals surface area contributed by atoms with Gasteiger partial charge in [-0.15, -0.1) is 0 Å². The molecule has 0 N–H and O–H groups in total. The third-order valence-electron chi connectivity index (χ3n) is 1.81. The Balaban J connectivity index is 2.70. The molecule has 0 bridgehead atoms. The van der Waals surface area contributed by atoms with Crippen LogP contribution in [0, 0.1) is 0 Å². The molecule has 17 heavy (non-hydrogen) atoms. The highest BCUT2D eigenvalue weighted by Gasteiger charge is 1.99. The van der Waals surface area contributed by atoms with Gasteiger partial charge >= 0.3 is 0 Å². The van der Waals surface area contributed by atoms with Crippen molar-refractivity contribution in [1.82, 2.24) is 0 Å². The zero-order valence-corrected chi connectivity index (χ0v) is 11.6. The van der Waals surface area contributed by atoms with Crippen LogP contribution in [0.2, 0.25) is 10.0 Å². The van der Waals surface area contributed by atoms with Crippen molar-refractivity contribution in [3.8, 4) is 5.75 Å². The fourth-order valence-electron chi connectivity index (χ4n) is 1.13. The SMILES string of the molecule is C/C(=C\C=NC(C)C)Oc1cc(Cl)cc(Cl)c1. The van der Waals surface area contributed by atoms with E-state index in [1.54, 1.807) is 30.5 Å². The van der Waals surface area contributed by atoms with Crippen LogP contribution in [-0.4, -0.2) is 12.3 Å². The van der Waals surface area contributed by atoms with Gasteiger partial charge in [-0.1, -0.05) is 23.2 Å². The van der Waals surface area contributed by atoms with Crippen molar-refractivity contribution in [3.63, 3.8) is 0 Å². The quantitative estimate of drug-likeness (QED) is 0.572. The van der Waals surface area contributed by atoms with Crippen LogP contribution in [0.4, 0.5) is 0 Å². The third-order valence-corrected chi connectivity index (χ3v) is 2.24. The lowest BCUT2D eigenvalue weighted by Crippen LogP contribution is -1.93. The number of aliphatic imine (C=N–C) groups is 1. The first kappa shape index (κ1) is 14.1. The first-order chi connectivity index (χ1) is 7.97. The van der Waals surface area contributed by atoms with Gasteiger partial charge in [-0.3, -0.25) is 4.99 Å². The number of ether oxygens (including phenoxy) is 1. The summed E-state index contributed by atoms with van der Waals surface area (Å²) in [6, 6.07) is 5.36. The van der Waals surface area contributed by atoms with Crippen LogP contribution in [0.15, 0.2) is 35.0 Å². The van der Waals surface area contributed by atoms with E-state index in [2.05, 4.69) is 4.99 Å². The summed E-state index contributed by atoms with van der Waals surface area (Å²) in [5.41, 5.74) is 0. The van der Waals surface area contributed by atoms with Gasteiger partial charge in [-0.05, 0) is 45.0 Å². The van der Waals surface area contributed by atoms with Crippen molar-refractivity contribution >= 4 is 29.4 Å². The Kier molecular flexibility index (Phi) is 5.52. The van der Waals surface area contributed by atoms with E-state index in [9.17, 15) is 0 Å². The number of hydrogen-bond acceptors (Lipinski definition) is 2. The average Bonchev–Trinajstić information content (AvgIpc) is 2.14. The second-order valence-electron chi connectivity index (χ2n) is 3.88. The molecular formula is C13H15Cl2NO. The molecule has 0 amide bonds. The first-order valence-electron chi connectivity index (χ1n) is 5.31. The van der Waals surface area contributed by atoms with Crippen LogP contribution in [0.1, 0.15) is 20.8 Å². The molecule has 0 saturated carbocycles. The molecule has 0 spiro atoms. The molecule has 0 atom stereocenters. The minimum Gasteiger partial charge on any atom is -0.462 e. The standard InChI is InChI=1S/C13H15Cl2NO/c1-9(2)16-5-4-10(3)17-13-7-11(14)6-12(15)8-13/h4-9H,1-3H3/b10-4+,16-5?. The summed E-state index contributed by atoms with van der Waals surface area (Å²) in [6.07, 6.45) is 3.53. The predicted molar refractivity (Wildman–Crippen MR) is 74.5 cm³/mol. The molecule has 0 radical (unpaired) electrons. The van der Waals surface area contributed by atoms with Gasteiger partial charge in [0.05, 0.1) is 0 Å². The van der Waals surface area contributed by atoms with Crippen LogP contribution in [0.25, 0.3) is 0 Å². The molecular weight excluding hydrogens is 257 g/mol. The molecule has 1 aromatic carbocycles. The lowest BCUT2D eigenvalue weighted by molar-refractivity contribution is 0.429. The molecule has 0 saturated heterocycles. The molecule has 0 unspecified atom stereocenters. The molecule has 1 rings (SSSR count). The van der Waals surface area contributed by atoms with E-state index < -0.39 is 0 Å². The van der Waals surface area contributed by atoms with Gasteiger partial charge in [0.15, 0.2) is 0 Å². The summed E-state index contributed by atoms with van der Waals surface area (Å²) in [7, 11) is 0. The number of rotatable bonds is 4. The number of halogens is 2. The Morgan fingerprint density at radius 1 is 1.24 bits per heavy atom. The van der Waals surface area contributed by atoms with Crippen molar-refractivity contribution in [3.05, 3.63) is 40.1 Å². The number of nitrogens with zero attached hydrogens (tertiary/aromatic N) is 1. The Labute approximate surface area is 112 Å². The Morgan fingerprint density at radius 2 is 1.82 bits per heavy atom. The highest BCUT2D eigenvalue weighted by molar-refractivity contribution is 6.34. The molecule has 1 aromatic rings. The topological polar surface area (TPSA) is 21.6 Å². The maximum absolute atomic E-state index is 5.87. The highest BCUT2D eigenvalue weighted by Crippen LogP contribution is 2.25.